The number of phenols is 4. The minimum absolute atomic E-state index is 0.0759. The Hall–Kier alpha value is -4.15. The number of benzene rings is 3. The van der Waals surface area contributed by atoms with Gasteiger partial charge in [-0.05, 0) is 23.8 Å². The average molecular weight is 482 g/mol. The highest BCUT2D eigenvalue weighted by molar-refractivity contribution is 6.05. The Morgan fingerprint density at radius 1 is 0.886 bits per heavy atom. The number of aromatic hydroxyl groups is 4. The van der Waals surface area contributed by atoms with Gasteiger partial charge in [-0.15, -0.1) is 0 Å². The van der Waals surface area contributed by atoms with Gasteiger partial charge in [-0.1, -0.05) is 6.07 Å². The smallest absolute Gasteiger partial charge is 0.202 e. The van der Waals surface area contributed by atoms with Crippen LogP contribution in [0.3, 0.4) is 0 Å². The zero-order valence-corrected chi connectivity index (χ0v) is 18.4. The Bertz CT molecular complexity index is 1330. The molecule has 182 valence electrons. The van der Waals surface area contributed by atoms with Crippen molar-refractivity contribution in [3.63, 3.8) is 0 Å². The second-order valence-corrected chi connectivity index (χ2v) is 8.39. The molecule has 35 heavy (non-hydrogen) atoms. The summed E-state index contributed by atoms with van der Waals surface area (Å²) in [6, 6.07) is 9.35. The molecule has 3 aromatic rings. The van der Waals surface area contributed by atoms with Crippen LogP contribution in [-0.4, -0.2) is 56.2 Å². The highest BCUT2D eigenvalue weighted by Gasteiger charge is 2.45. The Morgan fingerprint density at radius 3 is 2.29 bits per heavy atom. The van der Waals surface area contributed by atoms with Crippen LogP contribution in [0.2, 0.25) is 0 Å². The quantitative estimate of drug-likeness (QED) is 0.325. The van der Waals surface area contributed by atoms with Gasteiger partial charge in [-0.2, -0.15) is 0 Å². The van der Waals surface area contributed by atoms with Crippen molar-refractivity contribution in [3.05, 3.63) is 64.7 Å². The Balaban J connectivity index is 1.61. The minimum atomic E-state index is -1.75. The van der Waals surface area contributed by atoms with E-state index < -0.39 is 42.4 Å². The predicted molar refractivity (Wildman–Crippen MR) is 119 cm³/mol. The Labute approximate surface area is 198 Å². The summed E-state index contributed by atoms with van der Waals surface area (Å²) in [6.45, 7) is -0.395. The Kier molecular flexibility index (Phi) is 5.34. The van der Waals surface area contributed by atoms with Crippen LogP contribution in [0, 0.1) is 0 Å². The molecule has 4 atom stereocenters. The van der Waals surface area contributed by atoms with Crippen LogP contribution >= 0.6 is 0 Å². The number of methoxy groups -OCH3 is 1. The summed E-state index contributed by atoms with van der Waals surface area (Å²) in [5, 5.41) is 61.4. The van der Waals surface area contributed by atoms with E-state index in [0.717, 1.165) is 12.1 Å². The van der Waals surface area contributed by atoms with Crippen LogP contribution in [0.25, 0.3) is 0 Å². The van der Waals surface area contributed by atoms with E-state index in [9.17, 15) is 35.4 Å². The summed E-state index contributed by atoms with van der Waals surface area (Å²) in [5.74, 6) is -2.44. The summed E-state index contributed by atoms with van der Waals surface area (Å²) in [7, 11) is 1.40. The van der Waals surface area contributed by atoms with E-state index in [1.165, 1.54) is 25.3 Å². The fourth-order valence-corrected chi connectivity index (χ4v) is 4.74. The molecule has 0 saturated carbocycles. The molecule has 2 aliphatic heterocycles. The lowest BCUT2D eigenvalue weighted by molar-refractivity contribution is 0.0205. The van der Waals surface area contributed by atoms with E-state index in [2.05, 4.69) is 0 Å². The molecule has 10 nitrogen and oxygen atoms in total. The van der Waals surface area contributed by atoms with Crippen LogP contribution in [0.1, 0.15) is 45.2 Å². The first-order chi connectivity index (χ1) is 16.7. The van der Waals surface area contributed by atoms with Gasteiger partial charge in [-0.25, -0.2) is 0 Å². The SMILES string of the molecule is COc1cc(C2Oc3cc(O)cc(C4Oc5cc(O)cc(O)c5C(=O)C4O)c3C2CO)ccc1O. The van der Waals surface area contributed by atoms with Gasteiger partial charge in [0.15, 0.2) is 23.7 Å². The third kappa shape index (κ3) is 3.54. The number of aliphatic hydroxyl groups is 2. The van der Waals surface area contributed by atoms with E-state index in [1.54, 1.807) is 12.1 Å². The molecule has 0 saturated heterocycles. The summed E-state index contributed by atoms with van der Waals surface area (Å²) in [6.07, 6.45) is -3.83. The van der Waals surface area contributed by atoms with Crippen LogP contribution < -0.4 is 14.2 Å². The van der Waals surface area contributed by atoms with Crippen molar-refractivity contribution in [1.29, 1.82) is 0 Å². The molecule has 3 aromatic carbocycles. The molecule has 0 bridgehead atoms. The molecular formula is C25H22O10. The Morgan fingerprint density at radius 2 is 1.57 bits per heavy atom. The number of carbonyl (C=O) groups excluding carboxylic acids is 1. The second kappa shape index (κ2) is 8.26. The van der Waals surface area contributed by atoms with Gasteiger partial charge in [0.05, 0.1) is 19.6 Å². The van der Waals surface area contributed by atoms with E-state index in [0.29, 0.717) is 11.1 Å². The highest BCUT2D eigenvalue weighted by atomic mass is 16.5. The monoisotopic (exact) mass is 482 g/mol. The first kappa shape index (κ1) is 22.6. The van der Waals surface area contributed by atoms with Crippen LogP contribution in [0.15, 0.2) is 42.5 Å². The van der Waals surface area contributed by atoms with E-state index in [4.69, 9.17) is 14.2 Å². The van der Waals surface area contributed by atoms with Crippen molar-refractivity contribution in [2.24, 2.45) is 0 Å². The van der Waals surface area contributed by atoms with Gasteiger partial charge < -0.3 is 44.8 Å². The lowest BCUT2D eigenvalue weighted by Gasteiger charge is -2.31. The van der Waals surface area contributed by atoms with Crippen molar-refractivity contribution in [3.8, 4) is 40.2 Å². The highest BCUT2D eigenvalue weighted by Crippen LogP contribution is 2.53. The van der Waals surface area contributed by atoms with Crippen molar-refractivity contribution in [2.75, 3.05) is 13.7 Å². The minimum Gasteiger partial charge on any atom is -0.508 e. The first-order valence-electron chi connectivity index (χ1n) is 10.7. The summed E-state index contributed by atoms with van der Waals surface area (Å²) in [4.78, 5) is 12.9. The van der Waals surface area contributed by atoms with Gasteiger partial charge in [0, 0.05) is 29.3 Å². The van der Waals surface area contributed by atoms with E-state index >= 15 is 0 Å². The molecule has 0 aromatic heterocycles. The average Bonchev–Trinajstić information content (AvgIpc) is 3.19. The first-order valence-corrected chi connectivity index (χ1v) is 10.7. The van der Waals surface area contributed by atoms with E-state index in [-0.39, 0.29) is 45.6 Å². The summed E-state index contributed by atoms with van der Waals surface area (Å²) in [5.41, 5.74) is 0.905. The number of aliphatic hydroxyl groups excluding tert-OH is 2. The molecule has 4 unspecified atom stereocenters. The molecule has 0 radical (unpaired) electrons. The number of fused-ring (bicyclic) bond motifs is 2. The molecule has 10 heteroatoms. The zero-order chi connectivity index (χ0) is 25.0. The number of phenolic OH excluding ortho intramolecular Hbond substituents is 4. The molecule has 0 spiro atoms. The number of ether oxygens (including phenoxy) is 3. The van der Waals surface area contributed by atoms with Gasteiger partial charge >= 0.3 is 0 Å². The van der Waals surface area contributed by atoms with Crippen molar-refractivity contribution in [2.45, 2.75) is 24.2 Å². The maximum atomic E-state index is 12.9. The third-order valence-corrected chi connectivity index (χ3v) is 6.31. The van der Waals surface area contributed by atoms with Gasteiger partial charge in [0.1, 0.15) is 40.4 Å². The molecule has 5 rings (SSSR count). The molecule has 6 N–H and O–H groups in total. The van der Waals surface area contributed by atoms with Crippen molar-refractivity contribution >= 4 is 5.78 Å². The fraction of sp³-hybridized carbons (Fsp3) is 0.240. The van der Waals surface area contributed by atoms with Crippen LogP contribution in [0.5, 0.6) is 40.2 Å². The lowest BCUT2D eigenvalue weighted by atomic mass is 9.84. The van der Waals surface area contributed by atoms with Gasteiger partial charge in [-0.3, -0.25) is 4.79 Å². The van der Waals surface area contributed by atoms with Crippen molar-refractivity contribution in [1.82, 2.24) is 0 Å². The molecule has 0 aliphatic carbocycles. The topological polar surface area (TPSA) is 166 Å². The normalized spacial score (nSPS) is 22.7. The maximum Gasteiger partial charge on any atom is 0.202 e. The fourth-order valence-electron chi connectivity index (χ4n) is 4.74. The van der Waals surface area contributed by atoms with Crippen LogP contribution in [0.4, 0.5) is 0 Å². The number of Topliss-reactive ketones (excluding diaryl/α,β-unsaturated/α-hetero) is 1. The molecule has 0 amide bonds. The molecule has 2 heterocycles. The molecule has 0 fully saturated rings. The second-order valence-electron chi connectivity index (χ2n) is 8.39. The van der Waals surface area contributed by atoms with Gasteiger partial charge in [0.25, 0.3) is 0 Å². The molecule has 2 aliphatic rings. The van der Waals surface area contributed by atoms with E-state index in [1.807, 2.05) is 0 Å². The number of hydrogen-bond donors (Lipinski definition) is 6. The predicted octanol–water partition coefficient (Wildman–Crippen LogP) is 2.40. The third-order valence-electron chi connectivity index (χ3n) is 6.31. The van der Waals surface area contributed by atoms with Gasteiger partial charge in [0.2, 0.25) is 5.78 Å². The number of ketones is 1. The standard InChI is InChI=1S/C25H22O10/c1-33-17-4-10(2-3-15(17)29)24-14(9-26)20-13(5-11(27)7-18(20)34-24)25-23(32)22(31)21-16(30)6-12(28)8-19(21)35-25/h2-8,14,23-30,32H,9H2,1H3. The number of rotatable bonds is 4. The zero-order valence-electron chi connectivity index (χ0n) is 18.4. The number of hydrogen-bond acceptors (Lipinski definition) is 10. The summed E-state index contributed by atoms with van der Waals surface area (Å²) < 4.78 is 17.1. The number of carbonyl (C=O) groups is 1. The maximum absolute atomic E-state index is 12.9. The largest absolute Gasteiger partial charge is 0.508 e. The lowest BCUT2D eigenvalue weighted by Crippen LogP contribution is -2.37. The molecular weight excluding hydrogens is 460 g/mol. The summed E-state index contributed by atoms with van der Waals surface area (Å²) >= 11 is 0. The van der Waals surface area contributed by atoms with Crippen LogP contribution in [-0.2, 0) is 0 Å². The van der Waals surface area contributed by atoms with Crippen molar-refractivity contribution < 1.29 is 49.6 Å².